The summed E-state index contributed by atoms with van der Waals surface area (Å²) < 4.78 is 0. The highest BCUT2D eigenvalue weighted by Crippen LogP contribution is 2.33. The molecule has 116 valence electrons. The lowest BCUT2D eigenvalue weighted by Crippen LogP contribution is -2.07. The van der Waals surface area contributed by atoms with Crippen LogP contribution in [0.5, 0.6) is 0 Å². The van der Waals surface area contributed by atoms with Crippen molar-refractivity contribution in [2.75, 3.05) is 0 Å². The van der Waals surface area contributed by atoms with Crippen LogP contribution in [0.4, 0.5) is 0 Å². The van der Waals surface area contributed by atoms with E-state index < -0.39 is 0 Å². The largest absolute Gasteiger partial charge is 0.298 e. The first-order valence-corrected chi connectivity index (χ1v) is 7.06. The van der Waals surface area contributed by atoms with Crippen LogP contribution in [0.1, 0.15) is 31.2 Å². The molecule has 3 heterocycles. The maximum Gasteiger partial charge on any atom is 0.169 e. The summed E-state index contributed by atoms with van der Waals surface area (Å²) in [4.78, 5) is 47.1. The lowest BCUT2D eigenvalue weighted by molar-refractivity contribution is 0.108. The molecule has 3 rings (SSSR count). The first kappa shape index (κ1) is 15.4. The van der Waals surface area contributed by atoms with Crippen LogP contribution >= 0.6 is 0 Å². The Balaban J connectivity index is 2.45. The number of pyridine rings is 3. The number of nitrogens with zero attached hydrogens (tertiary/aromatic N) is 3. The molecule has 0 aliphatic rings. The lowest BCUT2D eigenvalue weighted by Gasteiger charge is -2.13. The lowest BCUT2D eigenvalue weighted by atomic mass is 9.95. The third-order valence-corrected chi connectivity index (χ3v) is 3.48. The number of rotatable bonds is 5. The molecule has 6 heteroatoms. The van der Waals surface area contributed by atoms with E-state index in [1.807, 2.05) is 0 Å². The number of aldehydes is 3. The Bertz CT molecular complexity index is 910. The van der Waals surface area contributed by atoms with E-state index >= 15 is 0 Å². The molecule has 0 atom stereocenters. The van der Waals surface area contributed by atoms with Crippen molar-refractivity contribution >= 4 is 18.9 Å². The van der Waals surface area contributed by atoms with Gasteiger partial charge in [-0.15, -0.1) is 0 Å². The maximum atomic E-state index is 11.7. The molecule has 3 aromatic rings. The topological polar surface area (TPSA) is 89.9 Å². The standard InChI is InChI=1S/C18H11N3O3/c22-9-12-13(10-23)17(14-5-1-3-7-19-14)18(21-16(12)11-24)15-6-2-4-8-20-15/h1-11H. The molecule has 6 nitrogen and oxygen atoms in total. The fraction of sp³-hybridized carbons (Fsp3) is 0. The second-order valence-corrected chi connectivity index (χ2v) is 4.83. The number of hydrogen-bond donors (Lipinski definition) is 0. The molecule has 0 N–H and O–H groups in total. The summed E-state index contributed by atoms with van der Waals surface area (Å²) in [6, 6.07) is 10.4. The average Bonchev–Trinajstić information content (AvgIpc) is 2.67. The predicted molar refractivity (Wildman–Crippen MR) is 86.9 cm³/mol. The van der Waals surface area contributed by atoms with Crippen LogP contribution in [0.25, 0.3) is 22.6 Å². The molecule has 0 aliphatic carbocycles. The smallest absolute Gasteiger partial charge is 0.169 e. The van der Waals surface area contributed by atoms with E-state index in [0.717, 1.165) is 0 Å². The van der Waals surface area contributed by atoms with Crippen LogP contribution in [0.15, 0.2) is 48.8 Å². The fourth-order valence-corrected chi connectivity index (χ4v) is 2.43. The Hall–Kier alpha value is -3.54. The molecule has 0 saturated carbocycles. The van der Waals surface area contributed by atoms with Crippen molar-refractivity contribution in [3.8, 4) is 22.6 Å². The highest BCUT2D eigenvalue weighted by atomic mass is 16.1. The van der Waals surface area contributed by atoms with Gasteiger partial charge in [-0.05, 0) is 24.3 Å². The van der Waals surface area contributed by atoms with E-state index in [-0.39, 0.29) is 16.8 Å². The monoisotopic (exact) mass is 317 g/mol. The molecule has 0 unspecified atom stereocenters. The Morgan fingerprint density at radius 1 is 0.708 bits per heavy atom. The zero-order valence-corrected chi connectivity index (χ0v) is 12.4. The number of carbonyl (C=O) groups is 3. The first-order chi connectivity index (χ1) is 11.8. The van der Waals surface area contributed by atoms with Crippen molar-refractivity contribution < 1.29 is 14.4 Å². The van der Waals surface area contributed by atoms with Gasteiger partial charge >= 0.3 is 0 Å². The second kappa shape index (κ2) is 6.70. The first-order valence-electron chi connectivity index (χ1n) is 7.06. The van der Waals surface area contributed by atoms with Gasteiger partial charge in [0, 0.05) is 23.5 Å². The zero-order chi connectivity index (χ0) is 16.9. The normalized spacial score (nSPS) is 10.2. The van der Waals surface area contributed by atoms with Gasteiger partial charge in [-0.1, -0.05) is 12.1 Å². The molecule has 0 aromatic carbocycles. The Morgan fingerprint density at radius 3 is 1.83 bits per heavy atom. The highest BCUT2D eigenvalue weighted by molar-refractivity contribution is 6.04. The minimum Gasteiger partial charge on any atom is -0.298 e. The van der Waals surface area contributed by atoms with Crippen molar-refractivity contribution in [3.05, 3.63) is 65.6 Å². The molecule has 0 fully saturated rings. The van der Waals surface area contributed by atoms with Gasteiger partial charge in [0.05, 0.1) is 22.6 Å². The van der Waals surface area contributed by atoms with Crippen molar-refractivity contribution in [2.45, 2.75) is 0 Å². The van der Waals surface area contributed by atoms with Crippen LogP contribution in [-0.2, 0) is 0 Å². The summed E-state index contributed by atoms with van der Waals surface area (Å²) in [7, 11) is 0. The molecule has 0 aliphatic heterocycles. The fourth-order valence-electron chi connectivity index (χ4n) is 2.43. The van der Waals surface area contributed by atoms with Crippen LogP contribution in [0.2, 0.25) is 0 Å². The Labute approximate surface area is 137 Å². The van der Waals surface area contributed by atoms with Crippen LogP contribution in [0.3, 0.4) is 0 Å². The van der Waals surface area contributed by atoms with E-state index in [1.54, 1.807) is 48.8 Å². The molecule has 0 bridgehead atoms. The molecular formula is C18H11N3O3. The number of carbonyl (C=O) groups excluding carboxylic acids is 3. The summed E-state index contributed by atoms with van der Waals surface area (Å²) in [6.45, 7) is 0. The molecule has 24 heavy (non-hydrogen) atoms. The molecule has 0 spiro atoms. The van der Waals surface area contributed by atoms with Gasteiger partial charge in [0.1, 0.15) is 5.69 Å². The van der Waals surface area contributed by atoms with Crippen molar-refractivity contribution in [1.29, 1.82) is 0 Å². The zero-order valence-electron chi connectivity index (χ0n) is 12.4. The molecule has 3 aromatic heterocycles. The van der Waals surface area contributed by atoms with Gasteiger partial charge in [0.2, 0.25) is 0 Å². The van der Waals surface area contributed by atoms with E-state index in [2.05, 4.69) is 15.0 Å². The summed E-state index contributed by atoms with van der Waals surface area (Å²) in [5, 5.41) is 0. The Morgan fingerprint density at radius 2 is 1.33 bits per heavy atom. The second-order valence-electron chi connectivity index (χ2n) is 4.83. The summed E-state index contributed by atoms with van der Waals surface area (Å²) >= 11 is 0. The van der Waals surface area contributed by atoms with Crippen molar-refractivity contribution in [2.24, 2.45) is 0 Å². The van der Waals surface area contributed by atoms with Gasteiger partial charge < -0.3 is 0 Å². The molecule has 0 amide bonds. The predicted octanol–water partition coefficient (Wildman–Crippen LogP) is 2.64. The minimum atomic E-state index is -0.104. The SMILES string of the molecule is O=Cc1nc(-c2ccccn2)c(-c2ccccn2)c(C=O)c1C=O. The van der Waals surface area contributed by atoms with Crippen LogP contribution in [0, 0.1) is 0 Å². The van der Waals surface area contributed by atoms with Crippen LogP contribution in [-0.4, -0.2) is 33.8 Å². The van der Waals surface area contributed by atoms with Gasteiger partial charge in [-0.3, -0.25) is 24.4 Å². The molecular weight excluding hydrogens is 306 g/mol. The highest BCUT2D eigenvalue weighted by Gasteiger charge is 2.22. The van der Waals surface area contributed by atoms with E-state index in [0.29, 0.717) is 41.5 Å². The third-order valence-electron chi connectivity index (χ3n) is 3.48. The minimum absolute atomic E-state index is 0.0552. The van der Waals surface area contributed by atoms with E-state index in [9.17, 15) is 14.4 Å². The van der Waals surface area contributed by atoms with Gasteiger partial charge in [0.25, 0.3) is 0 Å². The van der Waals surface area contributed by atoms with E-state index in [4.69, 9.17) is 0 Å². The summed E-state index contributed by atoms with van der Waals surface area (Å²) in [5.41, 5.74) is 1.55. The summed E-state index contributed by atoms with van der Waals surface area (Å²) in [5.74, 6) is 0. The van der Waals surface area contributed by atoms with Gasteiger partial charge in [-0.25, -0.2) is 4.98 Å². The third kappa shape index (κ3) is 2.61. The summed E-state index contributed by atoms with van der Waals surface area (Å²) in [6.07, 6.45) is 4.59. The Kier molecular flexibility index (Phi) is 4.29. The van der Waals surface area contributed by atoms with Crippen LogP contribution < -0.4 is 0 Å². The van der Waals surface area contributed by atoms with Crippen molar-refractivity contribution in [1.82, 2.24) is 15.0 Å². The quantitative estimate of drug-likeness (QED) is 0.672. The van der Waals surface area contributed by atoms with Gasteiger partial charge in [-0.2, -0.15) is 0 Å². The maximum absolute atomic E-state index is 11.7. The molecule has 0 saturated heterocycles. The molecule has 0 radical (unpaired) electrons. The van der Waals surface area contributed by atoms with E-state index in [1.165, 1.54) is 0 Å². The van der Waals surface area contributed by atoms with Gasteiger partial charge in [0.15, 0.2) is 18.9 Å². The number of aromatic nitrogens is 3. The number of hydrogen-bond acceptors (Lipinski definition) is 6. The van der Waals surface area contributed by atoms with Crippen molar-refractivity contribution in [3.63, 3.8) is 0 Å². The average molecular weight is 317 g/mol.